The Hall–Kier alpha value is -1.38. The van der Waals surface area contributed by atoms with Crippen LogP contribution in [0.15, 0.2) is 42.7 Å². The van der Waals surface area contributed by atoms with E-state index in [-0.39, 0.29) is 6.04 Å². The minimum Gasteiger partial charge on any atom is -0.324 e. The normalized spacial score (nSPS) is 16.6. The number of pyridine rings is 1. The highest BCUT2D eigenvalue weighted by Crippen LogP contribution is 2.42. The number of hydrogen-bond donors (Lipinski definition) is 1. The van der Waals surface area contributed by atoms with Gasteiger partial charge in [-0.2, -0.15) is 0 Å². The fraction of sp³-hybridized carbons (Fsp3) is 0.267. The van der Waals surface area contributed by atoms with E-state index >= 15 is 0 Å². The smallest absolute Gasteiger partial charge is 0.0484 e. The van der Waals surface area contributed by atoms with E-state index in [4.69, 9.17) is 17.3 Å². The van der Waals surface area contributed by atoms with Crippen molar-refractivity contribution in [2.75, 3.05) is 0 Å². The fourth-order valence-corrected chi connectivity index (χ4v) is 2.54. The number of rotatable bonds is 3. The molecule has 1 heterocycles. The zero-order chi connectivity index (χ0) is 12.5. The van der Waals surface area contributed by atoms with Gasteiger partial charge in [-0.05, 0) is 42.0 Å². The molecule has 92 valence electrons. The van der Waals surface area contributed by atoms with Gasteiger partial charge in [0.05, 0.1) is 0 Å². The molecule has 2 aromatic rings. The zero-order valence-electron chi connectivity index (χ0n) is 10.0. The maximum Gasteiger partial charge on any atom is 0.0484 e. The average Bonchev–Trinajstić information content (AvgIpc) is 3.23. The van der Waals surface area contributed by atoms with Gasteiger partial charge in [-0.15, -0.1) is 0 Å². The summed E-state index contributed by atoms with van der Waals surface area (Å²) in [5.41, 5.74) is 9.55. The first kappa shape index (κ1) is 11.7. The molecule has 1 aliphatic rings. The van der Waals surface area contributed by atoms with Crippen molar-refractivity contribution in [1.82, 2.24) is 4.98 Å². The third kappa shape index (κ3) is 2.14. The van der Waals surface area contributed by atoms with Crippen molar-refractivity contribution in [3.05, 3.63) is 53.3 Å². The van der Waals surface area contributed by atoms with Gasteiger partial charge in [0.15, 0.2) is 0 Å². The first-order chi connectivity index (χ1) is 8.77. The summed E-state index contributed by atoms with van der Waals surface area (Å²) < 4.78 is 0. The van der Waals surface area contributed by atoms with Crippen LogP contribution in [-0.4, -0.2) is 4.98 Å². The van der Waals surface area contributed by atoms with Gasteiger partial charge >= 0.3 is 0 Å². The lowest BCUT2D eigenvalue weighted by Crippen LogP contribution is -2.13. The molecule has 1 aromatic carbocycles. The summed E-state index contributed by atoms with van der Waals surface area (Å²) in [6.45, 7) is 0. The number of aromatic nitrogens is 1. The molecule has 3 rings (SSSR count). The number of nitrogens with two attached hydrogens (primary N) is 1. The van der Waals surface area contributed by atoms with Gasteiger partial charge < -0.3 is 5.73 Å². The Morgan fingerprint density at radius 1 is 1.17 bits per heavy atom. The predicted octanol–water partition coefficient (Wildman–Crippen LogP) is 3.81. The van der Waals surface area contributed by atoms with Crippen molar-refractivity contribution in [2.24, 2.45) is 11.7 Å². The predicted molar refractivity (Wildman–Crippen MR) is 74.3 cm³/mol. The van der Waals surface area contributed by atoms with Gasteiger partial charge in [0.25, 0.3) is 0 Å². The Morgan fingerprint density at radius 3 is 2.67 bits per heavy atom. The standard InChI is InChI=1S/C15H15ClN2/c16-14-4-2-1-3-12(14)11-7-8-18-9-13(11)15(17)10-5-6-10/h1-4,7-10,15H,5-6,17H2. The lowest BCUT2D eigenvalue weighted by molar-refractivity contribution is 0.632. The second kappa shape index (κ2) is 4.71. The van der Waals surface area contributed by atoms with Gasteiger partial charge in [-0.3, -0.25) is 4.98 Å². The molecule has 1 unspecified atom stereocenters. The zero-order valence-corrected chi connectivity index (χ0v) is 10.8. The van der Waals surface area contributed by atoms with Crippen LogP contribution in [0.25, 0.3) is 11.1 Å². The molecule has 1 atom stereocenters. The van der Waals surface area contributed by atoms with Gasteiger partial charge in [-0.25, -0.2) is 0 Å². The monoisotopic (exact) mass is 258 g/mol. The van der Waals surface area contributed by atoms with Crippen molar-refractivity contribution in [1.29, 1.82) is 0 Å². The van der Waals surface area contributed by atoms with Gasteiger partial charge in [0.2, 0.25) is 0 Å². The summed E-state index contributed by atoms with van der Waals surface area (Å²) in [5, 5.41) is 0.757. The third-order valence-corrected chi connectivity index (χ3v) is 3.83. The maximum atomic E-state index is 6.31. The van der Waals surface area contributed by atoms with E-state index in [2.05, 4.69) is 4.98 Å². The highest BCUT2D eigenvalue weighted by atomic mass is 35.5. The van der Waals surface area contributed by atoms with Gasteiger partial charge in [-0.1, -0.05) is 29.8 Å². The van der Waals surface area contributed by atoms with Gasteiger partial charge in [0.1, 0.15) is 0 Å². The Bertz CT molecular complexity index is 564. The van der Waals surface area contributed by atoms with E-state index in [1.54, 1.807) is 6.20 Å². The first-order valence-electron chi connectivity index (χ1n) is 6.22. The molecule has 0 spiro atoms. The molecule has 1 saturated carbocycles. The molecule has 1 aromatic heterocycles. The minimum atomic E-state index is 0.0740. The molecule has 1 fully saturated rings. The molecule has 0 radical (unpaired) electrons. The third-order valence-electron chi connectivity index (χ3n) is 3.50. The Labute approximate surface area is 112 Å². The summed E-state index contributed by atoms with van der Waals surface area (Å²) in [4.78, 5) is 4.21. The number of benzene rings is 1. The summed E-state index contributed by atoms with van der Waals surface area (Å²) in [6.07, 6.45) is 6.11. The highest BCUT2D eigenvalue weighted by Gasteiger charge is 2.31. The Balaban J connectivity index is 2.09. The average molecular weight is 259 g/mol. The topological polar surface area (TPSA) is 38.9 Å². The van der Waals surface area contributed by atoms with Crippen LogP contribution in [0, 0.1) is 5.92 Å². The molecule has 18 heavy (non-hydrogen) atoms. The van der Waals surface area contributed by atoms with Gasteiger partial charge in [0, 0.05) is 29.0 Å². The SMILES string of the molecule is NC(c1cnccc1-c1ccccc1Cl)C1CC1. The molecule has 0 saturated heterocycles. The highest BCUT2D eigenvalue weighted by molar-refractivity contribution is 6.33. The minimum absolute atomic E-state index is 0.0740. The molecular formula is C15H15ClN2. The molecular weight excluding hydrogens is 244 g/mol. The molecule has 2 N–H and O–H groups in total. The summed E-state index contributed by atoms with van der Waals surface area (Å²) in [6, 6.07) is 9.94. The van der Waals surface area contributed by atoms with Crippen molar-refractivity contribution < 1.29 is 0 Å². The van der Waals surface area contributed by atoms with Crippen LogP contribution in [0.5, 0.6) is 0 Å². The molecule has 0 aliphatic heterocycles. The Morgan fingerprint density at radius 2 is 1.94 bits per heavy atom. The van der Waals surface area contributed by atoms with Crippen LogP contribution in [0.3, 0.4) is 0 Å². The van der Waals surface area contributed by atoms with Crippen LogP contribution < -0.4 is 5.73 Å². The second-order valence-electron chi connectivity index (χ2n) is 4.81. The van der Waals surface area contributed by atoms with E-state index in [1.807, 2.05) is 36.5 Å². The molecule has 0 amide bonds. The number of nitrogens with zero attached hydrogens (tertiary/aromatic N) is 1. The number of hydrogen-bond acceptors (Lipinski definition) is 2. The van der Waals surface area contributed by atoms with Crippen LogP contribution in [0.4, 0.5) is 0 Å². The summed E-state index contributed by atoms with van der Waals surface area (Å²) in [7, 11) is 0. The second-order valence-corrected chi connectivity index (χ2v) is 5.21. The van der Waals surface area contributed by atoms with Crippen molar-refractivity contribution in [3.63, 3.8) is 0 Å². The van der Waals surface area contributed by atoms with E-state index < -0.39 is 0 Å². The van der Waals surface area contributed by atoms with E-state index in [1.165, 1.54) is 12.8 Å². The van der Waals surface area contributed by atoms with Crippen LogP contribution in [0.1, 0.15) is 24.4 Å². The maximum absolute atomic E-state index is 6.31. The van der Waals surface area contributed by atoms with E-state index in [0.29, 0.717) is 5.92 Å². The molecule has 2 nitrogen and oxygen atoms in total. The van der Waals surface area contributed by atoms with Crippen molar-refractivity contribution in [3.8, 4) is 11.1 Å². The van der Waals surface area contributed by atoms with Crippen molar-refractivity contribution in [2.45, 2.75) is 18.9 Å². The molecule has 3 heteroatoms. The Kier molecular flexibility index (Phi) is 3.06. The van der Waals surface area contributed by atoms with Crippen molar-refractivity contribution >= 4 is 11.6 Å². The largest absolute Gasteiger partial charge is 0.324 e. The summed E-state index contributed by atoms with van der Waals surface area (Å²) in [5.74, 6) is 0.607. The van der Waals surface area contributed by atoms with Crippen LogP contribution >= 0.6 is 11.6 Å². The molecule has 1 aliphatic carbocycles. The first-order valence-corrected chi connectivity index (χ1v) is 6.59. The van der Waals surface area contributed by atoms with E-state index in [9.17, 15) is 0 Å². The van der Waals surface area contributed by atoms with Crippen LogP contribution in [0.2, 0.25) is 5.02 Å². The van der Waals surface area contributed by atoms with E-state index in [0.717, 1.165) is 21.7 Å². The summed E-state index contributed by atoms with van der Waals surface area (Å²) >= 11 is 6.27. The van der Waals surface area contributed by atoms with Crippen LogP contribution in [-0.2, 0) is 0 Å². The number of halogens is 1. The molecule has 0 bridgehead atoms. The lowest BCUT2D eigenvalue weighted by Gasteiger charge is -2.16. The fourth-order valence-electron chi connectivity index (χ4n) is 2.31. The quantitative estimate of drug-likeness (QED) is 0.909. The lowest BCUT2D eigenvalue weighted by atomic mass is 9.95.